The molecule has 0 saturated heterocycles. The number of aryl methyl sites for hydroxylation is 3. The van der Waals surface area contributed by atoms with E-state index in [0.29, 0.717) is 0 Å². The van der Waals surface area contributed by atoms with Crippen molar-refractivity contribution >= 4 is 15.9 Å². The molecule has 4 nitrogen and oxygen atoms in total. The van der Waals surface area contributed by atoms with Crippen molar-refractivity contribution < 1.29 is 0 Å². The molecule has 0 aliphatic carbocycles. The Morgan fingerprint density at radius 2 is 2.05 bits per heavy atom. The summed E-state index contributed by atoms with van der Waals surface area (Å²) in [5.41, 5.74) is 9.99. The lowest BCUT2D eigenvalue weighted by Crippen LogP contribution is -2.00. The fourth-order valence-electron chi connectivity index (χ4n) is 2.17. The van der Waals surface area contributed by atoms with E-state index < -0.39 is 0 Å². The average Bonchev–Trinajstić information content (AvgIpc) is 2.76. The SMILES string of the molecule is Cc1cc(C)c(-n2cc(CCCCN)nn2)c(Br)c1. The highest BCUT2D eigenvalue weighted by Crippen LogP contribution is 2.25. The molecule has 0 spiro atoms. The van der Waals surface area contributed by atoms with Crippen molar-refractivity contribution in [2.24, 2.45) is 5.73 Å². The zero-order valence-electron chi connectivity index (χ0n) is 11.4. The van der Waals surface area contributed by atoms with Crippen molar-refractivity contribution in [2.75, 3.05) is 6.54 Å². The summed E-state index contributed by atoms with van der Waals surface area (Å²) in [6, 6.07) is 4.24. The molecule has 1 heterocycles. The first-order valence-electron chi connectivity index (χ1n) is 6.50. The van der Waals surface area contributed by atoms with Gasteiger partial charge in [-0.25, -0.2) is 4.68 Å². The van der Waals surface area contributed by atoms with E-state index in [4.69, 9.17) is 5.73 Å². The summed E-state index contributed by atoms with van der Waals surface area (Å²) >= 11 is 3.60. The van der Waals surface area contributed by atoms with Crippen LogP contribution in [0.3, 0.4) is 0 Å². The molecule has 102 valence electrons. The number of nitrogens with zero attached hydrogens (tertiary/aromatic N) is 3. The minimum Gasteiger partial charge on any atom is -0.330 e. The Morgan fingerprint density at radius 3 is 2.74 bits per heavy atom. The number of benzene rings is 1. The normalized spacial score (nSPS) is 10.9. The molecule has 0 aliphatic rings. The monoisotopic (exact) mass is 322 g/mol. The molecule has 5 heteroatoms. The molecule has 0 radical (unpaired) electrons. The smallest absolute Gasteiger partial charge is 0.0834 e. The highest BCUT2D eigenvalue weighted by molar-refractivity contribution is 9.10. The van der Waals surface area contributed by atoms with Gasteiger partial charge in [-0.05, 0) is 72.8 Å². The topological polar surface area (TPSA) is 56.7 Å². The number of hydrogen-bond donors (Lipinski definition) is 1. The van der Waals surface area contributed by atoms with E-state index in [-0.39, 0.29) is 0 Å². The molecule has 0 amide bonds. The number of rotatable bonds is 5. The molecule has 0 fully saturated rings. The summed E-state index contributed by atoms with van der Waals surface area (Å²) < 4.78 is 2.89. The van der Waals surface area contributed by atoms with Gasteiger partial charge in [-0.2, -0.15) is 0 Å². The lowest BCUT2D eigenvalue weighted by atomic mass is 10.1. The van der Waals surface area contributed by atoms with Crippen molar-refractivity contribution in [1.29, 1.82) is 0 Å². The van der Waals surface area contributed by atoms with Crippen LogP contribution in [0.2, 0.25) is 0 Å². The molecular weight excluding hydrogens is 304 g/mol. The van der Waals surface area contributed by atoms with Gasteiger partial charge in [0, 0.05) is 4.47 Å². The molecule has 2 N–H and O–H groups in total. The van der Waals surface area contributed by atoms with Crippen LogP contribution in [-0.2, 0) is 6.42 Å². The van der Waals surface area contributed by atoms with Crippen molar-refractivity contribution in [2.45, 2.75) is 33.1 Å². The summed E-state index contributed by atoms with van der Waals surface area (Å²) in [4.78, 5) is 0. The Balaban J connectivity index is 2.23. The van der Waals surface area contributed by atoms with Gasteiger partial charge < -0.3 is 5.73 Å². The second-order valence-corrected chi connectivity index (χ2v) is 5.67. The van der Waals surface area contributed by atoms with Crippen LogP contribution in [0, 0.1) is 13.8 Å². The number of nitrogens with two attached hydrogens (primary N) is 1. The summed E-state index contributed by atoms with van der Waals surface area (Å²) in [6.45, 7) is 4.90. The Bertz CT molecular complexity index is 539. The molecule has 19 heavy (non-hydrogen) atoms. The average molecular weight is 323 g/mol. The van der Waals surface area contributed by atoms with Gasteiger partial charge in [0.05, 0.1) is 17.6 Å². The molecule has 0 saturated carbocycles. The fraction of sp³-hybridized carbons (Fsp3) is 0.429. The van der Waals surface area contributed by atoms with E-state index in [1.54, 1.807) is 0 Å². The highest BCUT2D eigenvalue weighted by atomic mass is 79.9. The first kappa shape index (κ1) is 14.2. The van der Waals surface area contributed by atoms with Gasteiger partial charge in [0.25, 0.3) is 0 Å². The van der Waals surface area contributed by atoms with Gasteiger partial charge in [0.15, 0.2) is 0 Å². The van der Waals surface area contributed by atoms with E-state index in [1.165, 1.54) is 11.1 Å². The van der Waals surface area contributed by atoms with Crippen LogP contribution in [-0.4, -0.2) is 21.5 Å². The Morgan fingerprint density at radius 1 is 1.26 bits per heavy atom. The maximum absolute atomic E-state index is 5.50. The molecule has 1 aromatic heterocycles. The Labute approximate surface area is 122 Å². The first-order valence-corrected chi connectivity index (χ1v) is 7.29. The molecule has 0 unspecified atom stereocenters. The third-order valence-electron chi connectivity index (χ3n) is 3.06. The van der Waals surface area contributed by atoms with E-state index in [1.807, 2.05) is 10.9 Å². The van der Waals surface area contributed by atoms with Gasteiger partial charge in [0.1, 0.15) is 0 Å². The number of hydrogen-bond acceptors (Lipinski definition) is 3. The Kier molecular flexibility index (Phi) is 4.71. The summed E-state index contributed by atoms with van der Waals surface area (Å²) in [5, 5.41) is 8.44. The summed E-state index contributed by atoms with van der Waals surface area (Å²) in [5.74, 6) is 0. The van der Waals surface area contributed by atoms with E-state index in [9.17, 15) is 0 Å². The van der Waals surface area contributed by atoms with E-state index >= 15 is 0 Å². The van der Waals surface area contributed by atoms with Crippen LogP contribution in [0.1, 0.15) is 29.7 Å². The van der Waals surface area contributed by atoms with Gasteiger partial charge >= 0.3 is 0 Å². The predicted octanol–water partition coefficient (Wildman–Crippen LogP) is 2.93. The lowest BCUT2D eigenvalue weighted by molar-refractivity contribution is 0.727. The quantitative estimate of drug-likeness (QED) is 0.861. The molecule has 0 aliphatic heterocycles. The third kappa shape index (κ3) is 3.42. The van der Waals surface area contributed by atoms with Crippen LogP contribution in [0.25, 0.3) is 5.69 Å². The zero-order valence-corrected chi connectivity index (χ0v) is 12.9. The van der Waals surface area contributed by atoms with Gasteiger partial charge in [-0.15, -0.1) is 5.10 Å². The Hall–Kier alpha value is -1.20. The fourth-order valence-corrected chi connectivity index (χ4v) is 3.03. The van der Waals surface area contributed by atoms with Gasteiger partial charge in [0.2, 0.25) is 0 Å². The third-order valence-corrected chi connectivity index (χ3v) is 3.66. The molecule has 1 aromatic carbocycles. The molecular formula is C14H19BrN4. The molecule has 0 bridgehead atoms. The largest absolute Gasteiger partial charge is 0.330 e. The highest BCUT2D eigenvalue weighted by Gasteiger charge is 2.10. The van der Waals surface area contributed by atoms with Gasteiger partial charge in [-0.1, -0.05) is 11.3 Å². The van der Waals surface area contributed by atoms with Crippen LogP contribution >= 0.6 is 15.9 Å². The maximum Gasteiger partial charge on any atom is 0.0834 e. The molecule has 2 rings (SSSR count). The van der Waals surface area contributed by atoms with Gasteiger partial charge in [-0.3, -0.25) is 0 Å². The van der Waals surface area contributed by atoms with Crippen LogP contribution in [0.5, 0.6) is 0 Å². The van der Waals surface area contributed by atoms with E-state index in [2.05, 4.69) is 52.2 Å². The summed E-state index contributed by atoms with van der Waals surface area (Å²) in [7, 11) is 0. The van der Waals surface area contributed by atoms with Crippen molar-refractivity contribution in [3.05, 3.63) is 39.6 Å². The second-order valence-electron chi connectivity index (χ2n) is 4.81. The number of unbranched alkanes of at least 4 members (excludes halogenated alkanes) is 1. The maximum atomic E-state index is 5.50. The van der Waals surface area contributed by atoms with Crippen LogP contribution in [0.4, 0.5) is 0 Å². The van der Waals surface area contributed by atoms with Crippen LogP contribution in [0.15, 0.2) is 22.8 Å². The van der Waals surface area contributed by atoms with Crippen molar-refractivity contribution in [3.63, 3.8) is 0 Å². The van der Waals surface area contributed by atoms with Crippen molar-refractivity contribution in [3.8, 4) is 5.69 Å². The second kappa shape index (κ2) is 6.30. The van der Waals surface area contributed by atoms with Crippen molar-refractivity contribution in [1.82, 2.24) is 15.0 Å². The molecule has 2 aromatic rings. The minimum absolute atomic E-state index is 0.733. The van der Waals surface area contributed by atoms with E-state index in [0.717, 1.165) is 41.7 Å². The summed E-state index contributed by atoms with van der Waals surface area (Å²) in [6.07, 6.45) is 5.02. The standard InChI is InChI=1S/C14H19BrN4/c1-10-7-11(2)14(13(15)8-10)19-9-12(17-18-19)5-3-4-6-16/h7-9H,3-6,16H2,1-2H3. The predicted molar refractivity (Wildman–Crippen MR) is 80.5 cm³/mol. The lowest BCUT2D eigenvalue weighted by Gasteiger charge is -2.08. The molecule has 0 atom stereocenters. The zero-order chi connectivity index (χ0) is 13.8. The number of halogens is 1. The van der Waals surface area contributed by atoms with Crippen LogP contribution < -0.4 is 5.73 Å². The number of aromatic nitrogens is 3. The minimum atomic E-state index is 0.733. The first-order chi connectivity index (χ1) is 9.11.